The smallest absolute Gasteiger partial charge is 0.224 e. The van der Waals surface area contributed by atoms with Crippen LogP contribution in [0.3, 0.4) is 0 Å². The van der Waals surface area contributed by atoms with Crippen LogP contribution in [0.4, 0.5) is 11.8 Å². The molecule has 1 fully saturated rings. The van der Waals surface area contributed by atoms with E-state index in [1.807, 2.05) is 6.20 Å². The van der Waals surface area contributed by atoms with E-state index in [-0.39, 0.29) is 0 Å². The van der Waals surface area contributed by atoms with Crippen molar-refractivity contribution in [3.8, 4) is 0 Å². The molecule has 1 aromatic rings. The summed E-state index contributed by atoms with van der Waals surface area (Å²) in [6.07, 6.45) is 11.0. The number of anilines is 2. The molecule has 2 N–H and O–H groups in total. The molecule has 0 radical (unpaired) electrons. The van der Waals surface area contributed by atoms with Crippen LogP contribution in [-0.2, 0) is 0 Å². The van der Waals surface area contributed by atoms with Gasteiger partial charge in [-0.2, -0.15) is 4.98 Å². The van der Waals surface area contributed by atoms with Crippen molar-refractivity contribution in [3.63, 3.8) is 0 Å². The predicted octanol–water partition coefficient (Wildman–Crippen LogP) is 4.38. The summed E-state index contributed by atoms with van der Waals surface area (Å²) in [6, 6.07) is 0.540. The van der Waals surface area contributed by atoms with Gasteiger partial charge in [0.1, 0.15) is 5.82 Å². The van der Waals surface area contributed by atoms with Crippen LogP contribution in [0.5, 0.6) is 0 Å². The molecule has 0 aliphatic heterocycles. The van der Waals surface area contributed by atoms with Crippen molar-refractivity contribution in [2.75, 3.05) is 17.2 Å². The van der Waals surface area contributed by atoms with Crippen molar-refractivity contribution < 1.29 is 0 Å². The Labute approximate surface area is 129 Å². The topological polar surface area (TPSA) is 49.8 Å². The Morgan fingerprint density at radius 1 is 1.24 bits per heavy atom. The van der Waals surface area contributed by atoms with Crippen LogP contribution in [0.15, 0.2) is 6.20 Å². The van der Waals surface area contributed by atoms with E-state index in [9.17, 15) is 0 Å². The van der Waals surface area contributed by atoms with Gasteiger partial charge in [0.05, 0.1) is 0 Å². The lowest BCUT2D eigenvalue weighted by atomic mass is 9.83. The average Bonchev–Trinajstić information content (AvgIpc) is 2.53. The van der Waals surface area contributed by atoms with Crippen LogP contribution in [0.1, 0.15) is 64.4 Å². The highest BCUT2D eigenvalue weighted by molar-refractivity contribution is 5.47. The summed E-state index contributed by atoms with van der Waals surface area (Å²) >= 11 is 0. The van der Waals surface area contributed by atoms with Gasteiger partial charge in [-0.3, -0.25) is 0 Å². The zero-order valence-corrected chi connectivity index (χ0v) is 13.8. The first-order valence-corrected chi connectivity index (χ1v) is 8.58. The van der Waals surface area contributed by atoms with Gasteiger partial charge >= 0.3 is 0 Å². The number of rotatable bonds is 7. The summed E-state index contributed by atoms with van der Waals surface area (Å²) in [5, 5.41) is 6.96. The Morgan fingerprint density at radius 3 is 2.67 bits per heavy atom. The van der Waals surface area contributed by atoms with Gasteiger partial charge in [0, 0.05) is 24.3 Å². The summed E-state index contributed by atoms with van der Waals surface area (Å²) in [7, 11) is 0. The predicted molar refractivity (Wildman–Crippen MR) is 89.8 cm³/mol. The van der Waals surface area contributed by atoms with Crippen LogP contribution >= 0.6 is 0 Å². The number of hydrogen-bond acceptors (Lipinski definition) is 4. The number of hydrogen-bond donors (Lipinski definition) is 2. The van der Waals surface area contributed by atoms with Crippen molar-refractivity contribution in [1.82, 2.24) is 9.97 Å². The standard InChI is InChI=1S/C17H30N4/c1-4-11-18-17-19-12-13(3)16(21-17)20-15(5-2)14-9-7-6-8-10-14/h12,14-15H,4-11H2,1-3H3,(H2,18,19,20,21). The highest BCUT2D eigenvalue weighted by atomic mass is 15.1. The van der Waals surface area contributed by atoms with Crippen LogP contribution in [0.2, 0.25) is 0 Å². The molecule has 0 spiro atoms. The molecule has 118 valence electrons. The van der Waals surface area contributed by atoms with E-state index in [0.29, 0.717) is 6.04 Å². The monoisotopic (exact) mass is 290 g/mol. The summed E-state index contributed by atoms with van der Waals surface area (Å²) < 4.78 is 0. The second kappa shape index (κ2) is 8.20. The lowest BCUT2D eigenvalue weighted by Crippen LogP contribution is -2.31. The van der Waals surface area contributed by atoms with Gasteiger partial charge in [0.15, 0.2) is 0 Å². The number of aromatic nitrogens is 2. The van der Waals surface area contributed by atoms with E-state index in [4.69, 9.17) is 0 Å². The molecule has 1 aliphatic rings. The zero-order chi connectivity index (χ0) is 15.1. The van der Waals surface area contributed by atoms with Gasteiger partial charge in [-0.05, 0) is 38.5 Å². The van der Waals surface area contributed by atoms with Crippen molar-refractivity contribution in [3.05, 3.63) is 11.8 Å². The third kappa shape index (κ3) is 4.58. The van der Waals surface area contributed by atoms with E-state index in [1.165, 1.54) is 32.1 Å². The molecule has 1 aliphatic carbocycles. The van der Waals surface area contributed by atoms with Gasteiger partial charge in [0.25, 0.3) is 0 Å². The fourth-order valence-electron chi connectivity index (χ4n) is 3.18. The lowest BCUT2D eigenvalue weighted by molar-refractivity contribution is 0.312. The maximum absolute atomic E-state index is 4.66. The molecule has 0 saturated heterocycles. The summed E-state index contributed by atoms with van der Waals surface area (Å²) in [6.45, 7) is 7.43. The first kappa shape index (κ1) is 16.1. The maximum Gasteiger partial charge on any atom is 0.224 e. The molecule has 1 heterocycles. The molecule has 4 nitrogen and oxygen atoms in total. The van der Waals surface area contributed by atoms with E-state index >= 15 is 0 Å². The fraction of sp³-hybridized carbons (Fsp3) is 0.765. The van der Waals surface area contributed by atoms with E-state index in [2.05, 4.69) is 41.4 Å². The van der Waals surface area contributed by atoms with Crippen molar-refractivity contribution in [1.29, 1.82) is 0 Å². The fourth-order valence-corrected chi connectivity index (χ4v) is 3.18. The highest BCUT2D eigenvalue weighted by Crippen LogP contribution is 2.29. The Morgan fingerprint density at radius 2 is 2.00 bits per heavy atom. The molecule has 1 atom stereocenters. The number of nitrogens with zero attached hydrogens (tertiary/aromatic N) is 2. The molecular weight excluding hydrogens is 260 g/mol. The van der Waals surface area contributed by atoms with Crippen molar-refractivity contribution in [2.24, 2.45) is 5.92 Å². The molecular formula is C17H30N4. The Bertz CT molecular complexity index is 427. The third-order valence-corrected chi connectivity index (χ3v) is 4.49. The number of aryl methyl sites for hydroxylation is 1. The highest BCUT2D eigenvalue weighted by Gasteiger charge is 2.23. The minimum Gasteiger partial charge on any atom is -0.367 e. The lowest BCUT2D eigenvalue weighted by Gasteiger charge is -2.31. The van der Waals surface area contributed by atoms with Crippen LogP contribution < -0.4 is 10.6 Å². The molecule has 1 aromatic heterocycles. The first-order valence-electron chi connectivity index (χ1n) is 8.58. The minimum absolute atomic E-state index is 0.540. The molecule has 1 saturated carbocycles. The molecule has 1 unspecified atom stereocenters. The Kier molecular flexibility index (Phi) is 6.27. The molecule has 0 amide bonds. The second-order valence-electron chi connectivity index (χ2n) is 6.21. The van der Waals surface area contributed by atoms with Crippen molar-refractivity contribution >= 4 is 11.8 Å². The van der Waals surface area contributed by atoms with Crippen LogP contribution in [0.25, 0.3) is 0 Å². The summed E-state index contributed by atoms with van der Waals surface area (Å²) in [5.74, 6) is 2.54. The maximum atomic E-state index is 4.66. The van der Waals surface area contributed by atoms with E-state index in [0.717, 1.165) is 42.6 Å². The largest absolute Gasteiger partial charge is 0.367 e. The van der Waals surface area contributed by atoms with Gasteiger partial charge in [0.2, 0.25) is 5.95 Å². The molecule has 0 aromatic carbocycles. The molecule has 0 bridgehead atoms. The minimum atomic E-state index is 0.540. The third-order valence-electron chi connectivity index (χ3n) is 4.49. The Hall–Kier alpha value is -1.32. The first-order chi connectivity index (χ1) is 10.2. The normalized spacial score (nSPS) is 17.5. The summed E-state index contributed by atoms with van der Waals surface area (Å²) in [5.41, 5.74) is 1.13. The van der Waals surface area contributed by atoms with Crippen LogP contribution in [0, 0.1) is 12.8 Å². The number of nitrogens with one attached hydrogen (secondary N) is 2. The second-order valence-corrected chi connectivity index (χ2v) is 6.21. The van der Waals surface area contributed by atoms with Crippen molar-refractivity contribution in [2.45, 2.75) is 71.8 Å². The SMILES string of the molecule is CCCNc1ncc(C)c(NC(CC)C2CCCCC2)n1. The quantitative estimate of drug-likeness (QED) is 0.782. The summed E-state index contributed by atoms with van der Waals surface area (Å²) in [4.78, 5) is 9.02. The molecule has 2 rings (SSSR count). The van der Waals surface area contributed by atoms with E-state index < -0.39 is 0 Å². The van der Waals surface area contributed by atoms with Gasteiger partial charge in [-0.15, -0.1) is 0 Å². The van der Waals surface area contributed by atoms with E-state index in [1.54, 1.807) is 0 Å². The Balaban J connectivity index is 2.04. The zero-order valence-electron chi connectivity index (χ0n) is 13.8. The van der Waals surface area contributed by atoms with Gasteiger partial charge in [-0.25, -0.2) is 4.98 Å². The molecule has 4 heteroatoms. The average molecular weight is 290 g/mol. The molecule has 21 heavy (non-hydrogen) atoms. The van der Waals surface area contributed by atoms with Crippen LogP contribution in [-0.4, -0.2) is 22.6 Å². The van der Waals surface area contributed by atoms with Gasteiger partial charge < -0.3 is 10.6 Å². The van der Waals surface area contributed by atoms with Gasteiger partial charge in [-0.1, -0.05) is 33.1 Å².